The second-order valence-corrected chi connectivity index (χ2v) is 5.89. The molecule has 3 nitrogen and oxygen atoms in total. The van der Waals surface area contributed by atoms with Crippen LogP contribution in [0.4, 0.5) is 0 Å². The van der Waals surface area contributed by atoms with Gasteiger partial charge in [0.2, 0.25) is 0 Å². The van der Waals surface area contributed by atoms with E-state index in [4.69, 9.17) is 4.98 Å². The summed E-state index contributed by atoms with van der Waals surface area (Å²) >= 11 is 1.82. The van der Waals surface area contributed by atoms with E-state index < -0.39 is 0 Å². The van der Waals surface area contributed by atoms with Gasteiger partial charge in [-0.3, -0.25) is 0 Å². The van der Waals surface area contributed by atoms with Gasteiger partial charge in [0.15, 0.2) is 0 Å². The molecule has 0 spiro atoms. The molecule has 1 aromatic carbocycles. The summed E-state index contributed by atoms with van der Waals surface area (Å²) in [4.78, 5) is 6.16. The molecule has 0 bridgehead atoms. The fourth-order valence-corrected chi connectivity index (χ4v) is 3.47. The number of benzene rings is 1. The minimum absolute atomic E-state index is 0.914. The number of hydrogen-bond acceptors (Lipinski definition) is 3. The van der Waals surface area contributed by atoms with Crippen molar-refractivity contribution in [1.82, 2.24) is 14.9 Å². The van der Waals surface area contributed by atoms with Gasteiger partial charge in [-0.05, 0) is 43.1 Å². The van der Waals surface area contributed by atoms with Gasteiger partial charge in [-0.15, -0.1) is 11.3 Å². The van der Waals surface area contributed by atoms with Gasteiger partial charge in [0.05, 0.1) is 11.0 Å². The fourth-order valence-electron chi connectivity index (χ4n) is 2.58. The first kappa shape index (κ1) is 13.3. The van der Waals surface area contributed by atoms with Gasteiger partial charge >= 0.3 is 0 Å². The first-order valence-electron chi connectivity index (χ1n) is 6.97. The van der Waals surface area contributed by atoms with Crippen molar-refractivity contribution in [1.29, 1.82) is 0 Å². The Bertz CT molecular complexity index is 711. The smallest absolute Gasteiger partial charge is 0.115 e. The second-order valence-electron chi connectivity index (χ2n) is 4.89. The van der Waals surface area contributed by atoms with Crippen molar-refractivity contribution in [3.8, 4) is 0 Å². The van der Waals surface area contributed by atoms with E-state index in [0.717, 1.165) is 30.9 Å². The van der Waals surface area contributed by atoms with Crippen molar-refractivity contribution in [3.63, 3.8) is 0 Å². The van der Waals surface area contributed by atoms with Gasteiger partial charge in [0.25, 0.3) is 0 Å². The van der Waals surface area contributed by atoms with Crippen molar-refractivity contribution >= 4 is 22.4 Å². The maximum Gasteiger partial charge on any atom is 0.115 e. The standard InChI is InChI=1S/C16H19N3S/c1-3-19-15-7-5-4-6-14(15)18-16(19)9-13-8-12(10-17-2)11-20-13/h4-8,11,17H,3,9-10H2,1-2H3. The van der Waals surface area contributed by atoms with Crippen LogP contribution in [0, 0.1) is 0 Å². The molecular weight excluding hydrogens is 266 g/mol. The number of para-hydroxylation sites is 2. The zero-order valence-corrected chi connectivity index (χ0v) is 12.7. The van der Waals surface area contributed by atoms with Gasteiger partial charge in [-0.25, -0.2) is 4.98 Å². The molecule has 0 saturated carbocycles. The molecule has 4 heteroatoms. The van der Waals surface area contributed by atoms with Crippen LogP contribution in [0.15, 0.2) is 35.7 Å². The Hall–Kier alpha value is -1.65. The lowest BCUT2D eigenvalue weighted by Gasteiger charge is -2.04. The molecule has 2 heterocycles. The highest BCUT2D eigenvalue weighted by Gasteiger charge is 2.10. The number of fused-ring (bicyclic) bond motifs is 1. The number of rotatable bonds is 5. The zero-order valence-electron chi connectivity index (χ0n) is 11.9. The average molecular weight is 285 g/mol. The fraction of sp³-hybridized carbons (Fsp3) is 0.312. The number of aryl methyl sites for hydroxylation is 1. The van der Waals surface area contributed by atoms with E-state index in [1.54, 1.807) is 0 Å². The highest BCUT2D eigenvalue weighted by molar-refractivity contribution is 7.10. The molecule has 2 aromatic heterocycles. The van der Waals surface area contributed by atoms with Crippen LogP contribution in [-0.4, -0.2) is 16.6 Å². The van der Waals surface area contributed by atoms with Crippen LogP contribution in [-0.2, 0) is 19.5 Å². The van der Waals surface area contributed by atoms with E-state index in [9.17, 15) is 0 Å². The Labute approximate surface area is 123 Å². The van der Waals surface area contributed by atoms with Crippen LogP contribution < -0.4 is 5.32 Å². The summed E-state index contributed by atoms with van der Waals surface area (Å²) in [5, 5.41) is 5.42. The second kappa shape index (κ2) is 5.77. The third kappa shape index (κ3) is 2.49. The molecule has 104 valence electrons. The monoisotopic (exact) mass is 285 g/mol. The summed E-state index contributed by atoms with van der Waals surface area (Å²) < 4.78 is 2.31. The maximum atomic E-state index is 4.79. The van der Waals surface area contributed by atoms with E-state index in [1.165, 1.54) is 16.0 Å². The summed E-state index contributed by atoms with van der Waals surface area (Å²) in [6.07, 6.45) is 0.914. The minimum atomic E-state index is 0.914. The van der Waals surface area contributed by atoms with Crippen LogP contribution in [0.2, 0.25) is 0 Å². The summed E-state index contributed by atoms with van der Waals surface area (Å²) in [6.45, 7) is 4.07. The van der Waals surface area contributed by atoms with E-state index in [2.05, 4.69) is 52.5 Å². The number of thiophene rings is 1. The zero-order chi connectivity index (χ0) is 13.9. The lowest BCUT2D eigenvalue weighted by Crippen LogP contribution is -2.04. The predicted molar refractivity (Wildman–Crippen MR) is 85.3 cm³/mol. The molecule has 3 rings (SSSR count). The minimum Gasteiger partial charge on any atom is -0.328 e. The number of nitrogens with zero attached hydrogens (tertiary/aromatic N) is 2. The average Bonchev–Trinajstić information content (AvgIpc) is 3.03. The van der Waals surface area contributed by atoms with Crippen LogP contribution >= 0.6 is 11.3 Å². The highest BCUT2D eigenvalue weighted by atomic mass is 32.1. The van der Waals surface area contributed by atoms with Gasteiger partial charge in [0.1, 0.15) is 5.82 Å². The molecule has 0 aliphatic carbocycles. The third-order valence-corrected chi connectivity index (χ3v) is 4.46. The van der Waals surface area contributed by atoms with Crippen molar-refractivity contribution in [3.05, 3.63) is 52.0 Å². The summed E-state index contributed by atoms with van der Waals surface area (Å²) in [6, 6.07) is 10.6. The quantitative estimate of drug-likeness (QED) is 0.778. The van der Waals surface area contributed by atoms with Gasteiger partial charge in [0, 0.05) is 24.4 Å². The Kier molecular flexibility index (Phi) is 3.85. The molecule has 0 radical (unpaired) electrons. The molecule has 0 fully saturated rings. The third-order valence-electron chi connectivity index (χ3n) is 3.47. The Morgan fingerprint density at radius 2 is 2.15 bits per heavy atom. The molecule has 0 atom stereocenters. The predicted octanol–water partition coefficient (Wildman–Crippen LogP) is 3.43. The number of nitrogens with one attached hydrogen (secondary N) is 1. The van der Waals surface area contributed by atoms with Gasteiger partial charge in [-0.2, -0.15) is 0 Å². The lowest BCUT2D eigenvalue weighted by molar-refractivity contribution is 0.735. The lowest BCUT2D eigenvalue weighted by atomic mass is 10.2. The molecule has 3 aromatic rings. The topological polar surface area (TPSA) is 29.9 Å². The normalized spacial score (nSPS) is 11.3. The number of imidazole rings is 1. The summed E-state index contributed by atoms with van der Waals surface area (Å²) in [5.74, 6) is 1.16. The molecule has 0 unspecified atom stereocenters. The first-order chi connectivity index (χ1) is 9.81. The Balaban J connectivity index is 1.93. The van der Waals surface area contributed by atoms with Crippen LogP contribution in [0.1, 0.15) is 23.2 Å². The van der Waals surface area contributed by atoms with Crippen molar-refractivity contribution in [2.24, 2.45) is 0 Å². The molecular formula is C16H19N3S. The van der Waals surface area contributed by atoms with Crippen molar-refractivity contribution in [2.75, 3.05) is 7.05 Å². The van der Waals surface area contributed by atoms with Gasteiger partial charge in [-0.1, -0.05) is 12.1 Å². The highest BCUT2D eigenvalue weighted by Crippen LogP contribution is 2.22. The van der Waals surface area contributed by atoms with Crippen LogP contribution in [0.5, 0.6) is 0 Å². The Morgan fingerprint density at radius 1 is 1.30 bits per heavy atom. The number of hydrogen-bond donors (Lipinski definition) is 1. The summed E-state index contributed by atoms with van der Waals surface area (Å²) in [5.41, 5.74) is 3.68. The Morgan fingerprint density at radius 3 is 2.95 bits per heavy atom. The van der Waals surface area contributed by atoms with E-state index in [0.29, 0.717) is 0 Å². The van der Waals surface area contributed by atoms with Crippen LogP contribution in [0.25, 0.3) is 11.0 Å². The molecule has 20 heavy (non-hydrogen) atoms. The van der Waals surface area contributed by atoms with Crippen LogP contribution in [0.3, 0.4) is 0 Å². The largest absolute Gasteiger partial charge is 0.328 e. The van der Waals surface area contributed by atoms with Crippen molar-refractivity contribution in [2.45, 2.75) is 26.4 Å². The van der Waals surface area contributed by atoms with E-state index in [1.807, 2.05) is 18.4 Å². The van der Waals surface area contributed by atoms with Crippen molar-refractivity contribution < 1.29 is 0 Å². The molecule has 0 aliphatic heterocycles. The van der Waals surface area contributed by atoms with Gasteiger partial charge < -0.3 is 9.88 Å². The molecule has 0 amide bonds. The maximum absolute atomic E-state index is 4.79. The van der Waals surface area contributed by atoms with E-state index >= 15 is 0 Å². The molecule has 0 aliphatic rings. The number of aromatic nitrogens is 2. The first-order valence-corrected chi connectivity index (χ1v) is 7.84. The molecule has 1 N–H and O–H groups in total. The SMILES string of the molecule is CCn1c(Cc2cc(CNC)cs2)nc2ccccc21. The van der Waals surface area contributed by atoms with E-state index in [-0.39, 0.29) is 0 Å². The molecule has 0 saturated heterocycles. The summed E-state index contributed by atoms with van der Waals surface area (Å²) in [7, 11) is 1.98.